The quantitative estimate of drug-likeness (QED) is 0.469. The van der Waals surface area contributed by atoms with Gasteiger partial charge >= 0.3 is 0 Å². The molecule has 0 aliphatic rings. The van der Waals surface area contributed by atoms with Crippen molar-refractivity contribution >= 4 is 28.7 Å². The molecule has 0 radical (unpaired) electrons. The predicted molar refractivity (Wildman–Crippen MR) is 104 cm³/mol. The third kappa shape index (κ3) is 4.30. The Kier molecular flexibility index (Phi) is 5.19. The van der Waals surface area contributed by atoms with E-state index in [4.69, 9.17) is 21.9 Å². The van der Waals surface area contributed by atoms with Crippen LogP contribution in [0, 0.1) is 0 Å². The molecule has 7 N–H and O–H groups in total. The van der Waals surface area contributed by atoms with Gasteiger partial charge in [-0.15, -0.1) is 0 Å². The summed E-state index contributed by atoms with van der Waals surface area (Å²) in [7, 11) is 3.78. The lowest BCUT2D eigenvalue weighted by Gasteiger charge is -2.16. The number of nitrogen functional groups attached to an aromatic ring is 3. The molecule has 1 atom stereocenters. The molecule has 0 aliphatic heterocycles. The number of fused-ring (bicyclic) bond motifs is 1. The van der Waals surface area contributed by atoms with Gasteiger partial charge in [0.25, 0.3) is 0 Å². The molecule has 0 saturated heterocycles. The third-order valence-corrected chi connectivity index (χ3v) is 3.75. The minimum Gasteiger partial charge on any atom is -0.491 e. The summed E-state index contributed by atoms with van der Waals surface area (Å²) in [5.74, 6) is 0.982. The van der Waals surface area contributed by atoms with Gasteiger partial charge in [-0.25, -0.2) is 9.97 Å². The summed E-state index contributed by atoms with van der Waals surface area (Å²) in [6.45, 7) is 0.722. The first-order valence-electron chi connectivity index (χ1n) is 8.25. The molecule has 1 aromatic carbocycles. The number of aliphatic hydroxyl groups is 1. The van der Waals surface area contributed by atoms with Gasteiger partial charge in [0.15, 0.2) is 22.8 Å². The number of hydrogen-bond donors (Lipinski definition) is 4. The molecule has 142 valence electrons. The zero-order valence-electron chi connectivity index (χ0n) is 15.1. The van der Waals surface area contributed by atoms with Crippen LogP contribution in [0.3, 0.4) is 0 Å². The number of ether oxygens (including phenoxy) is 1. The van der Waals surface area contributed by atoms with Crippen LogP contribution in [-0.2, 0) is 0 Å². The van der Waals surface area contributed by atoms with E-state index < -0.39 is 6.10 Å². The van der Waals surface area contributed by atoms with E-state index in [9.17, 15) is 5.11 Å². The molecule has 10 heteroatoms. The van der Waals surface area contributed by atoms with Gasteiger partial charge in [-0.2, -0.15) is 9.97 Å². The maximum Gasteiger partial charge on any atom is 0.224 e. The molecule has 3 rings (SSSR count). The molecule has 27 heavy (non-hydrogen) atoms. The number of benzene rings is 1. The topological polar surface area (TPSA) is 162 Å². The second-order valence-corrected chi connectivity index (χ2v) is 6.35. The molecule has 2 heterocycles. The summed E-state index contributed by atoms with van der Waals surface area (Å²) in [5.41, 5.74) is 19.2. The van der Waals surface area contributed by atoms with E-state index in [1.807, 2.05) is 19.0 Å². The minimum atomic E-state index is -0.572. The number of rotatable bonds is 6. The first kappa shape index (κ1) is 18.5. The maximum absolute atomic E-state index is 9.86. The largest absolute Gasteiger partial charge is 0.491 e. The Balaban J connectivity index is 1.81. The second kappa shape index (κ2) is 7.56. The number of aromatic nitrogens is 4. The average Bonchev–Trinajstić information content (AvgIpc) is 2.59. The Bertz CT molecular complexity index is 946. The van der Waals surface area contributed by atoms with Crippen LogP contribution in [-0.4, -0.2) is 63.3 Å². The number of likely N-dealkylation sites (N-methyl/N-ethyl adjacent to an activating group) is 1. The monoisotopic (exact) mass is 370 g/mol. The Morgan fingerprint density at radius 2 is 1.70 bits per heavy atom. The molecule has 10 nitrogen and oxygen atoms in total. The molecular weight excluding hydrogens is 348 g/mol. The van der Waals surface area contributed by atoms with Gasteiger partial charge in [0.05, 0.1) is 0 Å². The van der Waals surface area contributed by atoms with E-state index in [1.54, 1.807) is 24.3 Å². The molecule has 1 unspecified atom stereocenters. The van der Waals surface area contributed by atoms with Crippen LogP contribution in [0.1, 0.15) is 0 Å². The van der Waals surface area contributed by atoms with Crippen molar-refractivity contribution in [2.24, 2.45) is 0 Å². The highest BCUT2D eigenvalue weighted by atomic mass is 16.5. The number of anilines is 3. The Hall–Kier alpha value is -3.24. The van der Waals surface area contributed by atoms with Crippen molar-refractivity contribution in [1.82, 2.24) is 24.8 Å². The maximum atomic E-state index is 9.86. The Labute approximate surface area is 156 Å². The van der Waals surface area contributed by atoms with Crippen LogP contribution >= 0.6 is 0 Å². The Morgan fingerprint density at radius 1 is 1.00 bits per heavy atom. The van der Waals surface area contributed by atoms with Gasteiger partial charge in [-0.1, -0.05) is 0 Å². The second-order valence-electron chi connectivity index (χ2n) is 6.35. The van der Waals surface area contributed by atoms with E-state index in [-0.39, 0.29) is 29.8 Å². The van der Waals surface area contributed by atoms with Crippen molar-refractivity contribution in [3.8, 4) is 17.0 Å². The number of hydrogen-bond acceptors (Lipinski definition) is 10. The molecular formula is C17H22N8O2. The van der Waals surface area contributed by atoms with Crippen LogP contribution < -0.4 is 21.9 Å². The summed E-state index contributed by atoms with van der Waals surface area (Å²) in [5, 5.41) is 9.86. The fraction of sp³-hybridized carbons (Fsp3) is 0.294. The molecule has 0 bridgehead atoms. The number of aliphatic hydroxyl groups excluding tert-OH is 1. The van der Waals surface area contributed by atoms with Gasteiger partial charge in [-0.05, 0) is 38.4 Å². The van der Waals surface area contributed by atoms with Crippen LogP contribution in [0.5, 0.6) is 5.75 Å². The first-order chi connectivity index (χ1) is 12.8. The highest BCUT2D eigenvalue weighted by molar-refractivity contribution is 5.87. The van der Waals surface area contributed by atoms with Crippen molar-refractivity contribution in [2.75, 3.05) is 44.4 Å². The van der Waals surface area contributed by atoms with Crippen molar-refractivity contribution in [1.29, 1.82) is 0 Å². The third-order valence-electron chi connectivity index (χ3n) is 3.75. The number of nitrogens with two attached hydrogens (primary N) is 3. The van der Waals surface area contributed by atoms with E-state index in [0.717, 1.165) is 5.56 Å². The van der Waals surface area contributed by atoms with Crippen molar-refractivity contribution < 1.29 is 9.84 Å². The predicted octanol–water partition coefficient (Wildman–Crippen LogP) is 0.135. The van der Waals surface area contributed by atoms with Crippen LogP contribution in [0.25, 0.3) is 22.4 Å². The Morgan fingerprint density at radius 3 is 2.37 bits per heavy atom. The number of nitrogens with zero attached hydrogens (tertiary/aromatic N) is 5. The van der Waals surface area contributed by atoms with Crippen molar-refractivity contribution in [3.05, 3.63) is 24.3 Å². The van der Waals surface area contributed by atoms with Crippen LogP contribution in [0.2, 0.25) is 0 Å². The van der Waals surface area contributed by atoms with Gasteiger partial charge in [-0.3, -0.25) is 0 Å². The smallest absolute Gasteiger partial charge is 0.224 e. The van der Waals surface area contributed by atoms with Gasteiger partial charge < -0.3 is 31.9 Å². The van der Waals surface area contributed by atoms with Crippen molar-refractivity contribution in [3.63, 3.8) is 0 Å². The molecule has 3 aromatic rings. The molecule has 0 amide bonds. The minimum absolute atomic E-state index is 0.0133. The highest BCUT2D eigenvalue weighted by Crippen LogP contribution is 2.27. The standard InChI is InChI=1S/C17H22N8O2/c1-25(2)7-10(26)8-27-11-5-3-9(4-6-11)12-14(18)22-16-13(21-12)15(19)23-17(20)24-16/h3-6,10,26H,7-8H2,1-2H3,(H6,18,19,20,22,23,24). The normalized spacial score (nSPS) is 12.4. The summed E-state index contributed by atoms with van der Waals surface area (Å²) in [6, 6.07) is 7.14. The molecule has 2 aromatic heterocycles. The lowest BCUT2D eigenvalue weighted by atomic mass is 10.1. The average molecular weight is 370 g/mol. The van der Waals surface area contributed by atoms with Gasteiger partial charge in [0, 0.05) is 12.1 Å². The molecule has 0 saturated carbocycles. The summed E-state index contributed by atoms with van der Waals surface area (Å²) in [6.07, 6.45) is -0.572. The van der Waals surface area contributed by atoms with E-state index >= 15 is 0 Å². The molecule has 0 aliphatic carbocycles. The SMILES string of the molecule is CN(C)CC(O)COc1ccc(-c2nc3c(N)nc(N)nc3nc2N)cc1. The van der Waals surface area contributed by atoms with Gasteiger partial charge in [0.2, 0.25) is 5.95 Å². The zero-order valence-corrected chi connectivity index (χ0v) is 15.1. The molecule has 0 spiro atoms. The zero-order chi connectivity index (χ0) is 19.6. The fourth-order valence-electron chi connectivity index (χ4n) is 2.59. The van der Waals surface area contributed by atoms with Crippen LogP contribution in [0.15, 0.2) is 24.3 Å². The summed E-state index contributed by atoms with van der Waals surface area (Å²) < 4.78 is 5.59. The highest BCUT2D eigenvalue weighted by Gasteiger charge is 2.13. The lowest BCUT2D eigenvalue weighted by Crippen LogP contribution is -2.30. The molecule has 0 fully saturated rings. The lowest BCUT2D eigenvalue weighted by molar-refractivity contribution is 0.0831. The van der Waals surface area contributed by atoms with Gasteiger partial charge in [0.1, 0.15) is 24.2 Å². The van der Waals surface area contributed by atoms with E-state index in [2.05, 4.69) is 19.9 Å². The first-order valence-corrected chi connectivity index (χ1v) is 8.25. The van der Waals surface area contributed by atoms with E-state index in [0.29, 0.717) is 23.5 Å². The van der Waals surface area contributed by atoms with Crippen LogP contribution in [0.4, 0.5) is 17.6 Å². The van der Waals surface area contributed by atoms with E-state index in [1.165, 1.54) is 0 Å². The van der Waals surface area contributed by atoms with Crippen molar-refractivity contribution in [2.45, 2.75) is 6.10 Å². The fourth-order valence-corrected chi connectivity index (χ4v) is 2.59. The summed E-state index contributed by atoms with van der Waals surface area (Å²) >= 11 is 0. The summed E-state index contributed by atoms with van der Waals surface area (Å²) in [4.78, 5) is 18.4.